The average Bonchev–Trinajstić information content (AvgIpc) is 2.25. The zero-order valence-electron chi connectivity index (χ0n) is 8.71. The molecule has 0 fully saturated rings. The molecule has 0 spiro atoms. The summed E-state index contributed by atoms with van der Waals surface area (Å²) in [5, 5.41) is 3.57. The van der Waals surface area contributed by atoms with Gasteiger partial charge in [0, 0.05) is 6.54 Å². The molecule has 0 amide bonds. The van der Waals surface area contributed by atoms with Crippen LogP contribution in [0.1, 0.15) is 6.92 Å². The Kier molecular flexibility index (Phi) is 4.63. The van der Waals surface area contributed by atoms with Gasteiger partial charge in [0.25, 0.3) is 0 Å². The lowest BCUT2D eigenvalue weighted by Gasteiger charge is -2.12. The van der Waals surface area contributed by atoms with Crippen molar-refractivity contribution in [2.75, 3.05) is 12.0 Å². The highest BCUT2D eigenvalue weighted by Gasteiger charge is 1.93. The summed E-state index contributed by atoms with van der Waals surface area (Å²) in [7, 11) is 0. The highest BCUT2D eigenvalue weighted by molar-refractivity contribution is 7.80. The second kappa shape index (κ2) is 6.03. The maximum atomic E-state index is 5.05. The molecule has 4 heteroatoms. The summed E-state index contributed by atoms with van der Waals surface area (Å²) < 4.78 is 0. The summed E-state index contributed by atoms with van der Waals surface area (Å²) in [6, 6.07) is 9.77. The average molecular weight is 221 g/mol. The van der Waals surface area contributed by atoms with E-state index in [-0.39, 0.29) is 0 Å². The van der Waals surface area contributed by atoms with Gasteiger partial charge in [0.2, 0.25) is 0 Å². The number of hydrogen-bond acceptors (Lipinski definition) is 2. The second-order valence-corrected chi connectivity index (χ2v) is 3.66. The molecule has 0 saturated heterocycles. The van der Waals surface area contributed by atoms with E-state index < -0.39 is 0 Å². The summed E-state index contributed by atoms with van der Waals surface area (Å²) in [5.74, 6) is 0. The number of hydrogen-bond donors (Lipinski definition) is 3. The van der Waals surface area contributed by atoms with Gasteiger partial charge >= 0.3 is 0 Å². The van der Waals surface area contributed by atoms with E-state index in [2.05, 4.69) is 22.7 Å². The van der Waals surface area contributed by atoms with Crippen molar-refractivity contribution >= 4 is 23.0 Å². The second-order valence-electron chi connectivity index (χ2n) is 3.26. The van der Waals surface area contributed by atoms with Crippen LogP contribution in [0.25, 0.3) is 0 Å². The van der Waals surface area contributed by atoms with Crippen LogP contribution in [-0.2, 0) is 0 Å². The summed E-state index contributed by atoms with van der Waals surface area (Å²) in [6.07, 6.45) is 0. The first-order valence-electron chi connectivity index (χ1n) is 4.68. The van der Waals surface area contributed by atoms with Gasteiger partial charge in [0.15, 0.2) is 5.11 Å². The fraction of sp³-hybridized carbons (Fsp3) is 0.182. The van der Waals surface area contributed by atoms with E-state index in [1.807, 2.05) is 37.3 Å². The zero-order valence-corrected chi connectivity index (χ0v) is 9.53. The van der Waals surface area contributed by atoms with Crippen LogP contribution in [0.3, 0.4) is 0 Å². The van der Waals surface area contributed by atoms with Gasteiger partial charge < -0.3 is 5.32 Å². The van der Waals surface area contributed by atoms with E-state index in [0.29, 0.717) is 11.7 Å². The Morgan fingerprint density at radius 1 is 1.33 bits per heavy atom. The van der Waals surface area contributed by atoms with Crippen LogP contribution in [-0.4, -0.2) is 11.7 Å². The van der Waals surface area contributed by atoms with Gasteiger partial charge in [-0.15, -0.1) is 0 Å². The highest BCUT2D eigenvalue weighted by Crippen LogP contribution is 2.02. The first kappa shape index (κ1) is 11.5. The Morgan fingerprint density at radius 3 is 2.60 bits per heavy atom. The topological polar surface area (TPSA) is 36.1 Å². The van der Waals surface area contributed by atoms with Crippen molar-refractivity contribution in [1.82, 2.24) is 10.7 Å². The van der Waals surface area contributed by atoms with Crippen molar-refractivity contribution in [2.45, 2.75) is 6.92 Å². The molecule has 1 rings (SSSR count). The standard InChI is InChI=1S/C11H15N3S/c1-9(2)8-12-11(15)14-13-10-6-4-3-5-7-10/h3-7,13H,1,8H2,2H3,(H2,12,14,15). The van der Waals surface area contributed by atoms with Crippen LogP contribution in [0.4, 0.5) is 5.69 Å². The molecular weight excluding hydrogens is 206 g/mol. The minimum Gasteiger partial charge on any atom is -0.358 e. The highest BCUT2D eigenvalue weighted by atomic mass is 32.1. The molecule has 1 aromatic carbocycles. The Morgan fingerprint density at radius 2 is 2.00 bits per heavy atom. The minimum absolute atomic E-state index is 0.557. The Bertz CT molecular complexity index is 335. The molecule has 80 valence electrons. The lowest BCUT2D eigenvalue weighted by atomic mass is 10.3. The molecule has 0 radical (unpaired) electrons. The molecule has 3 nitrogen and oxygen atoms in total. The fourth-order valence-corrected chi connectivity index (χ4v) is 1.05. The number of nitrogens with one attached hydrogen (secondary N) is 3. The third-order valence-electron chi connectivity index (χ3n) is 1.64. The van der Waals surface area contributed by atoms with Gasteiger partial charge in [0.1, 0.15) is 0 Å². The maximum absolute atomic E-state index is 5.05. The molecule has 1 aromatic rings. The van der Waals surface area contributed by atoms with E-state index in [9.17, 15) is 0 Å². The van der Waals surface area contributed by atoms with Crippen molar-refractivity contribution in [2.24, 2.45) is 0 Å². The number of hydrazine groups is 1. The Hall–Kier alpha value is -1.55. The number of rotatable bonds is 4. The van der Waals surface area contributed by atoms with Gasteiger partial charge in [-0.2, -0.15) is 0 Å². The molecule has 0 heterocycles. The summed E-state index contributed by atoms with van der Waals surface area (Å²) in [4.78, 5) is 0. The number of benzene rings is 1. The molecule has 0 aliphatic rings. The van der Waals surface area contributed by atoms with Gasteiger partial charge in [-0.3, -0.25) is 10.9 Å². The van der Waals surface area contributed by atoms with Crippen LogP contribution < -0.4 is 16.2 Å². The van der Waals surface area contributed by atoms with E-state index in [1.165, 1.54) is 0 Å². The summed E-state index contributed by atoms with van der Waals surface area (Å²) in [5.41, 5.74) is 7.88. The zero-order chi connectivity index (χ0) is 11.1. The minimum atomic E-state index is 0.557. The summed E-state index contributed by atoms with van der Waals surface area (Å²) >= 11 is 5.05. The van der Waals surface area contributed by atoms with Crippen LogP contribution in [0.5, 0.6) is 0 Å². The molecular formula is C11H15N3S. The molecule has 0 aliphatic carbocycles. The van der Waals surface area contributed by atoms with Crippen LogP contribution >= 0.6 is 12.2 Å². The normalized spacial score (nSPS) is 9.13. The molecule has 0 bridgehead atoms. The molecule has 3 N–H and O–H groups in total. The Balaban J connectivity index is 2.26. The van der Waals surface area contributed by atoms with Crippen molar-refractivity contribution in [3.63, 3.8) is 0 Å². The smallest absolute Gasteiger partial charge is 0.185 e. The predicted octanol–water partition coefficient (Wildman–Crippen LogP) is 2.05. The number of anilines is 1. The molecule has 0 unspecified atom stereocenters. The van der Waals surface area contributed by atoms with Crippen molar-refractivity contribution in [3.05, 3.63) is 42.5 Å². The van der Waals surface area contributed by atoms with Crippen molar-refractivity contribution in [1.29, 1.82) is 0 Å². The van der Waals surface area contributed by atoms with Crippen LogP contribution in [0, 0.1) is 0 Å². The van der Waals surface area contributed by atoms with E-state index >= 15 is 0 Å². The van der Waals surface area contributed by atoms with E-state index in [1.54, 1.807) is 0 Å². The molecule has 15 heavy (non-hydrogen) atoms. The lowest BCUT2D eigenvalue weighted by Crippen LogP contribution is -2.39. The van der Waals surface area contributed by atoms with E-state index in [4.69, 9.17) is 12.2 Å². The van der Waals surface area contributed by atoms with Crippen molar-refractivity contribution < 1.29 is 0 Å². The van der Waals surface area contributed by atoms with Crippen molar-refractivity contribution in [3.8, 4) is 0 Å². The molecule has 0 atom stereocenters. The lowest BCUT2D eigenvalue weighted by molar-refractivity contribution is 0.944. The Labute approximate surface area is 95.5 Å². The van der Waals surface area contributed by atoms with Crippen LogP contribution in [0.2, 0.25) is 0 Å². The number of para-hydroxylation sites is 1. The van der Waals surface area contributed by atoms with Gasteiger partial charge in [-0.1, -0.05) is 30.4 Å². The molecule has 0 saturated carbocycles. The quantitative estimate of drug-likeness (QED) is 0.413. The fourth-order valence-electron chi connectivity index (χ4n) is 0.926. The van der Waals surface area contributed by atoms with Gasteiger partial charge in [0.05, 0.1) is 5.69 Å². The third-order valence-corrected chi connectivity index (χ3v) is 1.89. The number of thiocarbonyl (C=S) groups is 1. The molecule has 0 aromatic heterocycles. The molecule has 0 aliphatic heterocycles. The SMILES string of the molecule is C=C(C)CNC(=S)NNc1ccccc1. The maximum Gasteiger partial charge on any atom is 0.185 e. The first-order chi connectivity index (χ1) is 7.18. The van der Waals surface area contributed by atoms with Gasteiger partial charge in [-0.25, -0.2) is 0 Å². The monoisotopic (exact) mass is 221 g/mol. The first-order valence-corrected chi connectivity index (χ1v) is 5.08. The van der Waals surface area contributed by atoms with Gasteiger partial charge in [-0.05, 0) is 31.3 Å². The van der Waals surface area contributed by atoms with E-state index in [0.717, 1.165) is 11.3 Å². The summed E-state index contributed by atoms with van der Waals surface area (Å²) in [6.45, 7) is 6.40. The predicted molar refractivity (Wildman–Crippen MR) is 68.6 cm³/mol. The largest absolute Gasteiger partial charge is 0.358 e. The third kappa shape index (κ3) is 5.02. The van der Waals surface area contributed by atoms with Crippen LogP contribution in [0.15, 0.2) is 42.5 Å².